The Bertz CT molecular complexity index is 1090. The number of fused-ring (bicyclic) bond motifs is 3. The molecular weight excluding hydrogens is 384 g/mol. The molecule has 30 heavy (non-hydrogen) atoms. The summed E-state index contributed by atoms with van der Waals surface area (Å²) in [5.74, 6) is 2.97. The van der Waals surface area contributed by atoms with E-state index in [1.54, 1.807) is 24.7 Å². The molecule has 0 aliphatic carbocycles. The number of nitrogens with zero attached hydrogens (tertiary/aromatic N) is 7. The molecule has 0 fully saturated rings. The molecule has 0 aromatic carbocycles. The summed E-state index contributed by atoms with van der Waals surface area (Å²) >= 11 is 0. The summed E-state index contributed by atoms with van der Waals surface area (Å²) in [5.41, 5.74) is 1.97. The van der Waals surface area contributed by atoms with E-state index in [9.17, 15) is 4.79 Å². The minimum atomic E-state index is -0.582. The van der Waals surface area contributed by atoms with Gasteiger partial charge in [-0.25, -0.2) is 14.8 Å². The lowest BCUT2D eigenvalue weighted by atomic mass is 10.1. The van der Waals surface area contributed by atoms with Crippen LogP contribution >= 0.6 is 0 Å². The Morgan fingerprint density at radius 1 is 1.30 bits per heavy atom. The third-order valence-corrected chi connectivity index (χ3v) is 5.15. The van der Waals surface area contributed by atoms with Gasteiger partial charge in [0.15, 0.2) is 17.5 Å². The van der Waals surface area contributed by atoms with Crippen molar-refractivity contribution in [1.29, 1.82) is 0 Å². The quantitative estimate of drug-likeness (QED) is 0.700. The van der Waals surface area contributed by atoms with Gasteiger partial charge in [-0.2, -0.15) is 0 Å². The van der Waals surface area contributed by atoms with Crippen LogP contribution in [0.5, 0.6) is 0 Å². The van der Waals surface area contributed by atoms with Gasteiger partial charge in [0.25, 0.3) is 0 Å². The highest BCUT2D eigenvalue weighted by Crippen LogP contribution is 2.40. The van der Waals surface area contributed by atoms with Crippen molar-refractivity contribution in [3.05, 3.63) is 36.3 Å². The Morgan fingerprint density at radius 2 is 2.10 bits per heavy atom. The summed E-state index contributed by atoms with van der Waals surface area (Å²) in [7, 11) is 1.31. The van der Waals surface area contributed by atoms with E-state index in [-0.39, 0.29) is 12.1 Å². The van der Waals surface area contributed by atoms with Crippen LogP contribution in [-0.4, -0.2) is 49.0 Å². The van der Waals surface area contributed by atoms with Crippen LogP contribution in [0.4, 0.5) is 16.3 Å². The molecule has 1 amide bonds. The molecule has 0 bridgehead atoms. The minimum Gasteiger partial charge on any atom is -0.453 e. The van der Waals surface area contributed by atoms with Gasteiger partial charge in [-0.3, -0.25) is 14.9 Å². The molecule has 0 saturated heterocycles. The van der Waals surface area contributed by atoms with Gasteiger partial charge in [-0.1, -0.05) is 6.92 Å². The van der Waals surface area contributed by atoms with Crippen LogP contribution in [0.2, 0.25) is 0 Å². The average molecular weight is 408 g/mol. The van der Waals surface area contributed by atoms with Gasteiger partial charge >= 0.3 is 6.09 Å². The number of hydrogen-bond donors (Lipinski definition) is 1. The van der Waals surface area contributed by atoms with E-state index >= 15 is 0 Å². The second kappa shape index (κ2) is 7.69. The van der Waals surface area contributed by atoms with Crippen LogP contribution in [0.3, 0.4) is 0 Å². The van der Waals surface area contributed by atoms with Gasteiger partial charge in [-0.05, 0) is 33.3 Å². The molecule has 156 valence electrons. The van der Waals surface area contributed by atoms with Crippen LogP contribution in [0.15, 0.2) is 24.7 Å². The maximum atomic E-state index is 11.7. The number of methoxy groups -OCH3 is 1. The zero-order chi connectivity index (χ0) is 21.4. The highest BCUT2D eigenvalue weighted by Gasteiger charge is 2.36. The van der Waals surface area contributed by atoms with Gasteiger partial charge in [0, 0.05) is 17.8 Å². The topological polar surface area (TPSA) is 111 Å². The van der Waals surface area contributed by atoms with E-state index in [2.05, 4.69) is 51.2 Å². The number of carbonyl (C=O) groups excluding carboxylic acids is 1. The highest BCUT2D eigenvalue weighted by molar-refractivity contribution is 5.90. The fourth-order valence-electron chi connectivity index (χ4n) is 3.84. The van der Waals surface area contributed by atoms with Crippen molar-refractivity contribution in [1.82, 2.24) is 29.7 Å². The maximum absolute atomic E-state index is 11.7. The first-order chi connectivity index (χ1) is 14.5. The molecule has 0 spiro atoms. The van der Waals surface area contributed by atoms with Crippen LogP contribution in [-0.2, 0) is 4.74 Å². The monoisotopic (exact) mass is 408 g/mol. The molecule has 4 rings (SSSR count). The molecule has 1 atom stereocenters. The Morgan fingerprint density at radius 3 is 2.80 bits per heavy atom. The van der Waals surface area contributed by atoms with Gasteiger partial charge in [0.1, 0.15) is 11.5 Å². The lowest BCUT2D eigenvalue weighted by molar-refractivity contribution is 0.187. The summed E-state index contributed by atoms with van der Waals surface area (Å²) in [6.45, 7) is 8.31. The number of amides is 1. The van der Waals surface area contributed by atoms with Gasteiger partial charge in [-0.15, -0.1) is 10.2 Å². The number of pyridine rings is 1. The lowest BCUT2D eigenvalue weighted by Crippen LogP contribution is -2.40. The molecule has 1 N–H and O–H groups in total. The predicted octanol–water partition coefficient (Wildman–Crippen LogP) is 3.29. The molecule has 3 aromatic heterocycles. The van der Waals surface area contributed by atoms with Crippen molar-refractivity contribution in [2.24, 2.45) is 0 Å². The molecule has 10 nitrogen and oxygen atoms in total. The normalized spacial score (nSPS) is 15.0. The highest BCUT2D eigenvalue weighted by atomic mass is 16.5. The summed E-state index contributed by atoms with van der Waals surface area (Å²) in [6, 6.07) is 2.00. The first kappa shape index (κ1) is 19.7. The summed E-state index contributed by atoms with van der Waals surface area (Å²) in [5, 5.41) is 11.4. The van der Waals surface area contributed by atoms with E-state index < -0.39 is 6.09 Å². The van der Waals surface area contributed by atoms with Crippen molar-refractivity contribution >= 4 is 17.6 Å². The van der Waals surface area contributed by atoms with Crippen molar-refractivity contribution in [2.75, 3.05) is 17.3 Å². The largest absolute Gasteiger partial charge is 0.453 e. The standard InChI is InChI=1S/C20H24N8O2/c1-6-15-19-26-25-12(4)28(19)16-10-22-17(24-18(16)27(15)11(2)3)13-7-8-21-9-14(13)23-20(29)30-5/h7-11,15H,6H2,1-5H3,(H,23,29). The van der Waals surface area contributed by atoms with Crippen molar-refractivity contribution < 1.29 is 9.53 Å². The third-order valence-electron chi connectivity index (χ3n) is 5.15. The molecule has 3 aromatic rings. The molecule has 1 aliphatic rings. The molecule has 1 unspecified atom stereocenters. The molecule has 4 heterocycles. The number of aromatic nitrogens is 6. The molecule has 1 aliphatic heterocycles. The minimum absolute atomic E-state index is 0.0477. The summed E-state index contributed by atoms with van der Waals surface area (Å²) < 4.78 is 6.73. The fourth-order valence-corrected chi connectivity index (χ4v) is 3.84. The number of hydrogen-bond acceptors (Lipinski definition) is 8. The zero-order valence-corrected chi connectivity index (χ0v) is 17.6. The van der Waals surface area contributed by atoms with Crippen molar-refractivity contribution in [3.8, 4) is 17.1 Å². The first-order valence-electron chi connectivity index (χ1n) is 9.83. The number of carbonyl (C=O) groups is 1. The number of nitrogens with one attached hydrogen (secondary N) is 1. The summed E-state index contributed by atoms with van der Waals surface area (Å²) in [6.07, 6.45) is 5.24. The first-order valence-corrected chi connectivity index (χ1v) is 9.83. The number of aryl methyl sites for hydroxylation is 1. The van der Waals surface area contributed by atoms with Gasteiger partial charge in [0.2, 0.25) is 0 Å². The van der Waals surface area contributed by atoms with E-state index in [4.69, 9.17) is 9.72 Å². The molecule has 0 radical (unpaired) electrons. The molecule has 0 saturated carbocycles. The zero-order valence-electron chi connectivity index (χ0n) is 17.6. The number of anilines is 2. The van der Waals surface area contributed by atoms with Gasteiger partial charge < -0.3 is 9.64 Å². The van der Waals surface area contributed by atoms with E-state index in [1.807, 2.05) is 11.5 Å². The third kappa shape index (κ3) is 3.14. The lowest BCUT2D eigenvalue weighted by Gasteiger charge is -2.39. The SMILES string of the molecule is CCC1c2nnc(C)n2-c2cnc(-c3ccncc3NC(=O)OC)nc2N1C(C)C. The van der Waals surface area contributed by atoms with Crippen LogP contribution in [0.1, 0.15) is 44.9 Å². The van der Waals surface area contributed by atoms with Crippen molar-refractivity contribution in [2.45, 2.75) is 46.2 Å². The predicted molar refractivity (Wildman–Crippen MR) is 112 cm³/mol. The molecule has 10 heteroatoms. The smallest absolute Gasteiger partial charge is 0.411 e. The summed E-state index contributed by atoms with van der Waals surface area (Å²) in [4.78, 5) is 27.6. The number of rotatable bonds is 4. The van der Waals surface area contributed by atoms with Crippen LogP contribution in [0, 0.1) is 6.92 Å². The van der Waals surface area contributed by atoms with E-state index in [0.717, 1.165) is 29.6 Å². The Balaban J connectivity index is 1.89. The number of ether oxygens (including phenoxy) is 1. The maximum Gasteiger partial charge on any atom is 0.411 e. The van der Waals surface area contributed by atoms with Crippen molar-refractivity contribution in [3.63, 3.8) is 0 Å². The molecular formula is C20H24N8O2. The Hall–Kier alpha value is -3.56. The van der Waals surface area contributed by atoms with Crippen LogP contribution < -0.4 is 10.2 Å². The Kier molecular flexibility index (Phi) is 5.06. The van der Waals surface area contributed by atoms with Crippen LogP contribution in [0.25, 0.3) is 17.1 Å². The Labute approximate surface area is 174 Å². The van der Waals surface area contributed by atoms with Gasteiger partial charge in [0.05, 0.1) is 31.2 Å². The second-order valence-electron chi connectivity index (χ2n) is 7.31. The average Bonchev–Trinajstić information content (AvgIpc) is 3.14. The van der Waals surface area contributed by atoms with E-state index in [1.165, 1.54) is 7.11 Å². The fraction of sp³-hybridized carbons (Fsp3) is 0.400. The second-order valence-corrected chi connectivity index (χ2v) is 7.31. The van der Waals surface area contributed by atoms with E-state index in [0.29, 0.717) is 17.1 Å².